The second-order valence-electron chi connectivity index (χ2n) is 5.43. The van der Waals surface area contributed by atoms with Crippen molar-refractivity contribution in [1.29, 1.82) is 0 Å². The zero-order valence-electron chi connectivity index (χ0n) is 12.3. The maximum absolute atomic E-state index is 12.2. The summed E-state index contributed by atoms with van der Waals surface area (Å²) in [5.41, 5.74) is -12.7. The molecule has 0 bridgehead atoms. The minimum absolute atomic E-state index is 0.185. The number of fused-ring (bicyclic) bond motifs is 4. The Morgan fingerprint density at radius 3 is 1.42 bits per heavy atom. The highest BCUT2D eigenvalue weighted by Crippen LogP contribution is 2.14. The van der Waals surface area contributed by atoms with Crippen LogP contribution in [0.4, 0.5) is 0 Å². The summed E-state index contributed by atoms with van der Waals surface area (Å²) in [6.07, 6.45) is 0. The molecule has 124 valence electrons. The Labute approximate surface area is 137 Å². The molecule has 0 atom stereocenters. The number of rotatable bonds is 0. The van der Waals surface area contributed by atoms with E-state index in [1.807, 2.05) is 0 Å². The van der Waals surface area contributed by atoms with E-state index < -0.39 is 65.2 Å². The lowest BCUT2D eigenvalue weighted by molar-refractivity contribution is 1.33. The van der Waals surface area contributed by atoms with Gasteiger partial charge in [-0.15, -0.1) is 0 Å². The van der Waals surface area contributed by atoms with E-state index in [-0.39, 0.29) is 11.0 Å². The predicted molar refractivity (Wildman–Crippen MR) is 89.5 cm³/mol. The van der Waals surface area contributed by atoms with Crippen molar-refractivity contribution in [3.05, 3.63) is 93.9 Å². The summed E-state index contributed by atoms with van der Waals surface area (Å²) in [6, 6.07) is 1.60. The standard InChI is InChI=1S/C16H2N2O8/c19-5-1-3-4(2-6(5)20)18-10-9(17-3)7-8(12(22)14(10)24)13(23)16(26)15(25)11(7)21/h1-2H. The third kappa shape index (κ3) is 1.75. The van der Waals surface area contributed by atoms with Gasteiger partial charge in [-0.25, -0.2) is 9.97 Å². The van der Waals surface area contributed by atoms with Crippen LogP contribution < -0.4 is 43.4 Å². The molecule has 0 aliphatic carbocycles. The van der Waals surface area contributed by atoms with E-state index in [1.54, 1.807) is 0 Å². The van der Waals surface area contributed by atoms with Crippen molar-refractivity contribution in [1.82, 2.24) is 9.97 Å². The summed E-state index contributed by atoms with van der Waals surface area (Å²) >= 11 is 0. The van der Waals surface area contributed by atoms with Crippen LogP contribution in [0.15, 0.2) is 50.5 Å². The molecular weight excluding hydrogens is 348 g/mol. The first-order valence-corrected chi connectivity index (χ1v) is 6.93. The van der Waals surface area contributed by atoms with Crippen LogP contribution in [0, 0.1) is 0 Å². The molecule has 0 fully saturated rings. The van der Waals surface area contributed by atoms with Gasteiger partial charge in [0.1, 0.15) is 11.0 Å². The quantitative estimate of drug-likeness (QED) is 0.177. The van der Waals surface area contributed by atoms with E-state index in [2.05, 4.69) is 9.97 Å². The number of hydrogen-bond donors (Lipinski definition) is 0. The molecule has 0 spiro atoms. The van der Waals surface area contributed by atoms with Gasteiger partial charge in [-0.3, -0.25) is 38.4 Å². The normalized spacial score (nSPS) is 11.5. The van der Waals surface area contributed by atoms with Crippen molar-refractivity contribution in [3.63, 3.8) is 0 Å². The second kappa shape index (κ2) is 4.72. The summed E-state index contributed by atoms with van der Waals surface area (Å²) in [7, 11) is 0. The van der Waals surface area contributed by atoms with E-state index in [1.165, 1.54) is 0 Å². The highest BCUT2D eigenvalue weighted by atomic mass is 16.2. The van der Waals surface area contributed by atoms with E-state index in [0.717, 1.165) is 12.1 Å². The molecular formula is C16H2N2O8. The lowest BCUT2D eigenvalue weighted by atomic mass is 10.1. The monoisotopic (exact) mass is 350 g/mol. The van der Waals surface area contributed by atoms with Crippen LogP contribution in [0.2, 0.25) is 0 Å². The molecule has 4 aromatic rings. The molecule has 10 nitrogen and oxygen atoms in total. The summed E-state index contributed by atoms with van der Waals surface area (Å²) < 4.78 is 0. The third-order valence-electron chi connectivity index (χ3n) is 3.94. The summed E-state index contributed by atoms with van der Waals surface area (Å²) in [5, 5.41) is -1.83. The first-order chi connectivity index (χ1) is 12.2. The Kier molecular flexibility index (Phi) is 2.81. The Balaban J connectivity index is 2.54. The molecule has 26 heavy (non-hydrogen) atoms. The maximum atomic E-state index is 12.2. The fourth-order valence-corrected chi connectivity index (χ4v) is 2.72. The van der Waals surface area contributed by atoms with Crippen molar-refractivity contribution in [2.45, 2.75) is 0 Å². The van der Waals surface area contributed by atoms with Gasteiger partial charge in [-0.1, -0.05) is 0 Å². The molecule has 0 amide bonds. The van der Waals surface area contributed by atoms with Crippen molar-refractivity contribution in [3.8, 4) is 0 Å². The number of nitrogens with zero attached hydrogens (tertiary/aromatic N) is 2. The predicted octanol–water partition coefficient (Wildman–Crippen LogP) is -3.43. The van der Waals surface area contributed by atoms with Gasteiger partial charge >= 0.3 is 0 Å². The van der Waals surface area contributed by atoms with Crippen molar-refractivity contribution in [2.24, 2.45) is 0 Å². The molecule has 0 N–H and O–H groups in total. The Morgan fingerprint density at radius 1 is 0.462 bits per heavy atom. The Morgan fingerprint density at radius 2 is 0.885 bits per heavy atom. The van der Waals surface area contributed by atoms with Gasteiger partial charge in [0.05, 0.1) is 21.8 Å². The minimum atomic E-state index is -1.72. The lowest BCUT2D eigenvalue weighted by Gasteiger charge is -2.01. The average Bonchev–Trinajstić information content (AvgIpc) is 2.61. The molecule has 0 unspecified atom stereocenters. The second-order valence-corrected chi connectivity index (χ2v) is 5.43. The van der Waals surface area contributed by atoms with E-state index in [4.69, 9.17) is 0 Å². The number of hydrogen-bond acceptors (Lipinski definition) is 10. The van der Waals surface area contributed by atoms with E-state index >= 15 is 0 Å². The maximum Gasteiger partial charge on any atom is 0.277 e. The van der Waals surface area contributed by atoms with Crippen molar-refractivity contribution >= 4 is 32.8 Å². The van der Waals surface area contributed by atoms with Crippen LogP contribution in [0.5, 0.6) is 0 Å². The van der Waals surface area contributed by atoms with Gasteiger partial charge in [0.15, 0.2) is 0 Å². The molecule has 0 aliphatic rings. The Bertz CT molecular complexity index is 1740. The first-order valence-electron chi connectivity index (χ1n) is 6.93. The fraction of sp³-hybridized carbons (Fsp3) is 0. The van der Waals surface area contributed by atoms with Gasteiger partial charge < -0.3 is 0 Å². The van der Waals surface area contributed by atoms with E-state index in [9.17, 15) is 38.4 Å². The van der Waals surface area contributed by atoms with Gasteiger partial charge in [0.2, 0.25) is 27.1 Å². The summed E-state index contributed by atoms with van der Waals surface area (Å²) in [4.78, 5) is 102. The van der Waals surface area contributed by atoms with Gasteiger partial charge in [-0.05, 0) is 0 Å². The molecule has 0 saturated heterocycles. The fourth-order valence-electron chi connectivity index (χ4n) is 2.72. The SMILES string of the molecule is O=c1cc2nc3c(=O)c(=O)c4c(=O)c(=O)c(=O)c(=O)c4c3nc2cc1=O. The molecule has 0 saturated carbocycles. The number of benzene rings is 3. The van der Waals surface area contributed by atoms with Crippen LogP contribution in [0.3, 0.4) is 0 Å². The van der Waals surface area contributed by atoms with Crippen LogP contribution in [0.1, 0.15) is 0 Å². The van der Waals surface area contributed by atoms with Gasteiger partial charge in [-0.2, -0.15) is 0 Å². The lowest BCUT2D eigenvalue weighted by Crippen LogP contribution is -2.49. The zero-order valence-corrected chi connectivity index (χ0v) is 12.3. The molecule has 0 aliphatic heterocycles. The van der Waals surface area contributed by atoms with Crippen molar-refractivity contribution < 1.29 is 0 Å². The average molecular weight is 350 g/mol. The summed E-state index contributed by atoms with van der Waals surface area (Å²) in [5.74, 6) is 0. The third-order valence-corrected chi connectivity index (χ3v) is 3.94. The minimum Gasteiger partial charge on any atom is -0.285 e. The molecule has 4 rings (SSSR count). The van der Waals surface area contributed by atoms with Crippen LogP contribution in [0.25, 0.3) is 32.8 Å². The highest BCUT2D eigenvalue weighted by Gasteiger charge is 2.22. The van der Waals surface area contributed by atoms with Crippen molar-refractivity contribution in [2.75, 3.05) is 0 Å². The summed E-state index contributed by atoms with van der Waals surface area (Å²) in [6.45, 7) is 0. The van der Waals surface area contributed by atoms with Crippen LogP contribution >= 0.6 is 0 Å². The van der Waals surface area contributed by atoms with Gasteiger partial charge in [0.25, 0.3) is 16.3 Å². The number of aromatic nitrogens is 2. The first kappa shape index (κ1) is 15.4. The smallest absolute Gasteiger partial charge is 0.277 e. The molecule has 3 aromatic carbocycles. The molecule has 10 heteroatoms. The van der Waals surface area contributed by atoms with E-state index in [0.29, 0.717) is 0 Å². The van der Waals surface area contributed by atoms with Crippen LogP contribution in [-0.2, 0) is 0 Å². The van der Waals surface area contributed by atoms with Gasteiger partial charge in [0, 0.05) is 12.1 Å². The molecule has 0 radical (unpaired) electrons. The molecule has 1 aromatic heterocycles. The highest BCUT2D eigenvalue weighted by molar-refractivity contribution is 6.05. The Hall–Kier alpha value is -4.08. The molecule has 1 heterocycles. The van der Waals surface area contributed by atoms with Crippen LogP contribution in [-0.4, -0.2) is 9.97 Å². The largest absolute Gasteiger partial charge is 0.285 e. The topological polar surface area (TPSA) is 162 Å². The zero-order chi connectivity index (χ0) is 18.9.